The topological polar surface area (TPSA) is 41.8 Å². The van der Waals surface area contributed by atoms with Crippen LogP contribution in [0.3, 0.4) is 0 Å². The first-order valence-electron chi connectivity index (χ1n) is 7.51. The highest BCUT2D eigenvalue weighted by molar-refractivity contribution is 6.06. The Morgan fingerprint density at radius 2 is 1.50 bits per heavy atom. The quantitative estimate of drug-likeness (QED) is 0.917. The Morgan fingerprint density at radius 3 is 2.05 bits per heavy atom. The third-order valence-electron chi connectivity index (χ3n) is 3.80. The van der Waals surface area contributed by atoms with Gasteiger partial charge in [-0.3, -0.25) is 4.99 Å². The number of ether oxygens (including phenoxy) is 1. The molecule has 1 aliphatic rings. The van der Waals surface area contributed by atoms with Crippen LogP contribution in [0.1, 0.15) is 31.9 Å². The molecule has 3 rings (SSSR count). The summed E-state index contributed by atoms with van der Waals surface area (Å²) in [4.78, 5) is 4.70. The highest BCUT2D eigenvalue weighted by Gasteiger charge is 2.48. The van der Waals surface area contributed by atoms with Crippen LogP contribution in [0.25, 0.3) is 0 Å². The second-order valence-corrected chi connectivity index (χ2v) is 6.69. The normalized spacial score (nSPS) is 25.1. The molecule has 3 heteroatoms. The molecule has 0 spiro atoms. The van der Waals surface area contributed by atoms with Crippen molar-refractivity contribution in [3.8, 4) is 0 Å². The molecule has 1 heterocycles. The molecule has 0 bridgehead atoms. The highest BCUT2D eigenvalue weighted by Crippen LogP contribution is 2.40. The molecule has 3 nitrogen and oxygen atoms in total. The fraction of sp³-hybridized carbons (Fsp3) is 0.316. The minimum atomic E-state index is -1.51. The molecular formula is C19H21NO2. The Hall–Kier alpha value is -1.97. The zero-order valence-corrected chi connectivity index (χ0v) is 13.2. The predicted octanol–water partition coefficient (Wildman–Crippen LogP) is 3.72. The number of hydrogen-bond donors (Lipinski definition) is 1. The van der Waals surface area contributed by atoms with E-state index in [1.165, 1.54) is 0 Å². The van der Waals surface area contributed by atoms with Gasteiger partial charge in [-0.1, -0.05) is 81.4 Å². The molecule has 0 fully saturated rings. The molecule has 2 aromatic carbocycles. The molecule has 0 aromatic heterocycles. The zero-order chi connectivity index (χ0) is 15.8. The molecule has 0 saturated carbocycles. The molecule has 0 radical (unpaired) electrons. The van der Waals surface area contributed by atoms with Crippen molar-refractivity contribution in [3.63, 3.8) is 0 Å². The predicted molar refractivity (Wildman–Crippen MR) is 87.6 cm³/mol. The van der Waals surface area contributed by atoms with Gasteiger partial charge < -0.3 is 9.84 Å². The SMILES string of the molecule is CC(C)(C)[C@H]1N=C(c2ccccc2)[C@@](O)(c2ccccc2)O1. The highest BCUT2D eigenvalue weighted by atomic mass is 16.6. The second kappa shape index (κ2) is 5.34. The maximum Gasteiger partial charge on any atom is 0.239 e. The molecule has 0 unspecified atom stereocenters. The molecule has 2 atom stereocenters. The van der Waals surface area contributed by atoms with E-state index in [0.29, 0.717) is 11.3 Å². The fourth-order valence-electron chi connectivity index (χ4n) is 2.55. The van der Waals surface area contributed by atoms with Gasteiger partial charge in [0.1, 0.15) is 5.71 Å². The summed E-state index contributed by atoms with van der Waals surface area (Å²) in [6.07, 6.45) is -0.395. The lowest BCUT2D eigenvalue weighted by Gasteiger charge is -2.29. The van der Waals surface area contributed by atoms with Crippen LogP contribution < -0.4 is 0 Å². The van der Waals surface area contributed by atoms with Crippen molar-refractivity contribution in [2.75, 3.05) is 0 Å². The van der Waals surface area contributed by atoms with Crippen LogP contribution in [-0.4, -0.2) is 17.0 Å². The van der Waals surface area contributed by atoms with Crippen LogP contribution in [0.4, 0.5) is 0 Å². The van der Waals surface area contributed by atoms with E-state index in [2.05, 4.69) is 20.8 Å². The van der Waals surface area contributed by atoms with Crippen molar-refractivity contribution in [1.82, 2.24) is 0 Å². The van der Waals surface area contributed by atoms with Gasteiger partial charge in [0.2, 0.25) is 5.79 Å². The molecule has 2 aromatic rings. The van der Waals surface area contributed by atoms with Crippen molar-refractivity contribution in [2.45, 2.75) is 32.8 Å². The van der Waals surface area contributed by atoms with E-state index in [0.717, 1.165) is 5.56 Å². The molecular weight excluding hydrogens is 274 g/mol. The summed E-state index contributed by atoms with van der Waals surface area (Å²) in [6.45, 7) is 6.17. The Kier molecular flexibility index (Phi) is 3.63. The zero-order valence-electron chi connectivity index (χ0n) is 13.2. The standard InChI is InChI=1S/C19H21NO2/c1-18(2,3)17-20-16(14-10-6-4-7-11-14)19(21,22-17)15-12-8-5-9-13-15/h4-13,17,21H,1-3H3/t17-,19+/m0/s1. The van der Waals surface area contributed by atoms with E-state index in [4.69, 9.17) is 9.73 Å². The molecule has 0 aliphatic carbocycles. The Morgan fingerprint density at radius 1 is 0.955 bits per heavy atom. The van der Waals surface area contributed by atoms with Crippen LogP contribution in [0, 0.1) is 5.41 Å². The first kappa shape index (κ1) is 14.9. The van der Waals surface area contributed by atoms with Gasteiger partial charge in [-0.15, -0.1) is 0 Å². The summed E-state index contributed by atoms with van der Waals surface area (Å²) in [5.41, 5.74) is 1.95. The van der Waals surface area contributed by atoms with Gasteiger partial charge in [0.15, 0.2) is 6.23 Å². The van der Waals surface area contributed by atoms with E-state index in [1.54, 1.807) is 0 Å². The Balaban J connectivity index is 2.12. The van der Waals surface area contributed by atoms with E-state index in [9.17, 15) is 5.11 Å². The summed E-state index contributed by atoms with van der Waals surface area (Å²) < 4.78 is 6.02. The second-order valence-electron chi connectivity index (χ2n) is 6.69. The smallest absolute Gasteiger partial charge is 0.239 e. The number of benzene rings is 2. The lowest BCUT2D eigenvalue weighted by molar-refractivity contribution is -0.191. The summed E-state index contributed by atoms with van der Waals surface area (Å²) >= 11 is 0. The van der Waals surface area contributed by atoms with Crippen LogP contribution in [-0.2, 0) is 10.5 Å². The number of aliphatic imine (C=N–C) groups is 1. The lowest BCUT2D eigenvalue weighted by Crippen LogP contribution is -2.38. The van der Waals surface area contributed by atoms with Gasteiger partial charge >= 0.3 is 0 Å². The number of rotatable bonds is 2. The van der Waals surface area contributed by atoms with Crippen molar-refractivity contribution < 1.29 is 9.84 Å². The molecule has 114 valence electrons. The summed E-state index contributed by atoms with van der Waals surface area (Å²) in [5, 5.41) is 11.3. The van der Waals surface area contributed by atoms with E-state index < -0.39 is 12.0 Å². The Labute approximate surface area is 131 Å². The number of nitrogens with zero attached hydrogens (tertiary/aromatic N) is 1. The summed E-state index contributed by atoms with van der Waals surface area (Å²) in [5.74, 6) is -1.51. The van der Waals surface area contributed by atoms with Crippen LogP contribution in [0.15, 0.2) is 65.7 Å². The van der Waals surface area contributed by atoms with Crippen LogP contribution in [0.5, 0.6) is 0 Å². The molecule has 1 aliphatic heterocycles. The Bertz CT molecular complexity index is 674. The largest absolute Gasteiger partial charge is 0.357 e. The van der Waals surface area contributed by atoms with Crippen LogP contribution >= 0.6 is 0 Å². The third kappa shape index (κ3) is 2.58. The fourth-order valence-corrected chi connectivity index (χ4v) is 2.55. The molecule has 1 N–H and O–H groups in total. The average Bonchev–Trinajstić information content (AvgIpc) is 2.88. The first-order chi connectivity index (χ1) is 10.4. The number of aliphatic hydroxyl groups is 1. The summed E-state index contributed by atoms with van der Waals surface area (Å²) in [7, 11) is 0. The van der Waals surface area contributed by atoms with Gasteiger partial charge in [-0.05, 0) is 0 Å². The minimum absolute atomic E-state index is 0.195. The van der Waals surface area contributed by atoms with Crippen molar-refractivity contribution in [2.24, 2.45) is 10.4 Å². The number of hydrogen-bond acceptors (Lipinski definition) is 3. The minimum Gasteiger partial charge on any atom is -0.357 e. The first-order valence-corrected chi connectivity index (χ1v) is 7.51. The maximum atomic E-state index is 11.3. The monoisotopic (exact) mass is 295 g/mol. The van der Waals surface area contributed by atoms with Crippen LogP contribution in [0.2, 0.25) is 0 Å². The lowest BCUT2D eigenvalue weighted by atomic mass is 9.95. The average molecular weight is 295 g/mol. The maximum absolute atomic E-state index is 11.3. The van der Waals surface area contributed by atoms with Gasteiger partial charge in [0.25, 0.3) is 0 Å². The summed E-state index contributed by atoms with van der Waals surface area (Å²) in [6, 6.07) is 19.1. The van der Waals surface area contributed by atoms with E-state index in [1.807, 2.05) is 60.7 Å². The van der Waals surface area contributed by atoms with Gasteiger partial charge in [0.05, 0.1) is 0 Å². The van der Waals surface area contributed by atoms with Crippen molar-refractivity contribution in [3.05, 3.63) is 71.8 Å². The van der Waals surface area contributed by atoms with Gasteiger partial charge in [-0.2, -0.15) is 0 Å². The molecule has 22 heavy (non-hydrogen) atoms. The third-order valence-corrected chi connectivity index (χ3v) is 3.80. The van der Waals surface area contributed by atoms with E-state index >= 15 is 0 Å². The van der Waals surface area contributed by atoms with Gasteiger partial charge in [0, 0.05) is 16.5 Å². The van der Waals surface area contributed by atoms with Gasteiger partial charge in [-0.25, -0.2) is 0 Å². The molecule has 0 saturated heterocycles. The van der Waals surface area contributed by atoms with Crippen molar-refractivity contribution in [1.29, 1.82) is 0 Å². The van der Waals surface area contributed by atoms with Crippen molar-refractivity contribution >= 4 is 5.71 Å². The molecule has 0 amide bonds. The van der Waals surface area contributed by atoms with E-state index in [-0.39, 0.29) is 5.41 Å².